The topological polar surface area (TPSA) is 76.6 Å². The molecule has 0 radical (unpaired) electrons. The van der Waals surface area contributed by atoms with Crippen molar-refractivity contribution < 1.29 is 14.3 Å². The molecule has 1 aliphatic heterocycles. The number of hydrogen-bond donors (Lipinski definition) is 1. The van der Waals surface area contributed by atoms with E-state index in [-0.39, 0.29) is 11.8 Å². The number of ether oxygens (including phenoxy) is 2. The van der Waals surface area contributed by atoms with Crippen LogP contribution in [-0.4, -0.2) is 43.2 Å². The Bertz CT molecular complexity index is 1130. The summed E-state index contributed by atoms with van der Waals surface area (Å²) in [5.41, 5.74) is 2.14. The molecule has 7 nitrogen and oxygen atoms in total. The highest BCUT2D eigenvalue weighted by Gasteiger charge is 2.27. The first-order valence-electron chi connectivity index (χ1n) is 11.4. The fraction of sp³-hybridized carbons (Fsp3) is 0.346. The van der Waals surface area contributed by atoms with Crippen LogP contribution in [0.25, 0.3) is 0 Å². The van der Waals surface area contributed by atoms with Crippen LogP contribution in [0, 0.1) is 12.8 Å². The van der Waals surface area contributed by atoms with E-state index in [1.54, 1.807) is 38.4 Å². The van der Waals surface area contributed by atoms with E-state index in [0.717, 1.165) is 53.0 Å². The molecule has 1 N–H and O–H groups in total. The summed E-state index contributed by atoms with van der Waals surface area (Å²) in [7, 11) is 3.24. The van der Waals surface area contributed by atoms with Crippen LogP contribution in [0.3, 0.4) is 0 Å². The van der Waals surface area contributed by atoms with Gasteiger partial charge in [-0.3, -0.25) is 4.79 Å². The second-order valence-corrected chi connectivity index (χ2v) is 9.32. The van der Waals surface area contributed by atoms with Gasteiger partial charge in [-0.2, -0.15) is 0 Å². The van der Waals surface area contributed by atoms with Gasteiger partial charge in [-0.1, -0.05) is 29.5 Å². The maximum absolute atomic E-state index is 12.9. The van der Waals surface area contributed by atoms with Crippen molar-refractivity contribution >= 4 is 23.5 Å². The molecule has 2 aromatic carbocycles. The van der Waals surface area contributed by atoms with Crippen molar-refractivity contribution in [1.82, 2.24) is 15.3 Å². The van der Waals surface area contributed by atoms with Crippen molar-refractivity contribution in [3.05, 3.63) is 66.0 Å². The highest BCUT2D eigenvalue weighted by Crippen LogP contribution is 2.34. The summed E-state index contributed by atoms with van der Waals surface area (Å²) in [5, 5.41) is 3.97. The van der Waals surface area contributed by atoms with E-state index in [0.29, 0.717) is 12.3 Å². The number of anilines is 1. The smallest absolute Gasteiger partial charge is 0.223 e. The Labute approximate surface area is 204 Å². The fourth-order valence-electron chi connectivity index (χ4n) is 4.08. The number of piperidine rings is 1. The van der Waals surface area contributed by atoms with Crippen LogP contribution in [0.1, 0.15) is 24.0 Å². The Morgan fingerprint density at radius 1 is 1.09 bits per heavy atom. The molecule has 8 heteroatoms. The van der Waals surface area contributed by atoms with Crippen LogP contribution in [0.15, 0.2) is 64.8 Å². The molecule has 1 aromatic heterocycles. The number of carbonyl (C=O) groups excluding carboxylic acids is 1. The molecule has 3 aromatic rings. The highest BCUT2D eigenvalue weighted by molar-refractivity contribution is 7.99. The van der Waals surface area contributed by atoms with Gasteiger partial charge in [0, 0.05) is 54.5 Å². The number of carbonyl (C=O) groups is 1. The lowest BCUT2D eigenvalue weighted by molar-refractivity contribution is -0.125. The van der Waals surface area contributed by atoms with Gasteiger partial charge >= 0.3 is 0 Å². The van der Waals surface area contributed by atoms with Gasteiger partial charge in [-0.25, -0.2) is 9.97 Å². The standard InChI is InChI=1S/C26H30N4O3S/c1-18-5-4-6-22(15-18)34-26-24(27-11-12-28-26)30-13-9-19(10-14-30)25(31)29-17-20-7-8-21(32-2)16-23(20)33-3/h4-8,11-12,15-16,19H,9-10,13-14,17H2,1-3H3,(H,29,31). The average molecular weight is 479 g/mol. The molecule has 178 valence electrons. The predicted octanol–water partition coefficient (Wildman–Crippen LogP) is 4.49. The van der Waals surface area contributed by atoms with E-state index >= 15 is 0 Å². The zero-order chi connectivity index (χ0) is 23.9. The molecule has 0 bridgehead atoms. The Morgan fingerprint density at radius 2 is 1.88 bits per heavy atom. The summed E-state index contributed by atoms with van der Waals surface area (Å²) < 4.78 is 10.7. The van der Waals surface area contributed by atoms with Crippen LogP contribution in [0.4, 0.5) is 5.82 Å². The van der Waals surface area contributed by atoms with Gasteiger partial charge < -0.3 is 19.7 Å². The first kappa shape index (κ1) is 23.9. The van der Waals surface area contributed by atoms with E-state index < -0.39 is 0 Å². The summed E-state index contributed by atoms with van der Waals surface area (Å²) in [4.78, 5) is 25.4. The number of benzene rings is 2. The number of hydrogen-bond acceptors (Lipinski definition) is 7. The summed E-state index contributed by atoms with van der Waals surface area (Å²) in [5.74, 6) is 2.37. The molecule has 0 atom stereocenters. The number of methoxy groups -OCH3 is 2. The lowest BCUT2D eigenvalue weighted by atomic mass is 9.96. The third-order valence-electron chi connectivity index (χ3n) is 5.96. The van der Waals surface area contributed by atoms with Crippen LogP contribution >= 0.6 is 11.8 Å². The molecular formula is C26H30N4O3S. The van der Waals surface area contributed by atoms with E-state index in [1.165, 1.54) is 5.56 Å². The number of aryl methyl sites for hydroxylation is 1. The van der Waals surface area contributed by atoms with Crippen LogP contribution in [0.2, 0.25) is 0 Å². The molecule has 1 amide bonds. The summed E-state index contributed by atoms with van der Waals surface area (Å²) in [6.07, 6.45) is 5.01. The van der Waals surface area contributed by atoms with Crippen LogP contribution in [0.5, 0.6) is 11.5 Å². The van der Waals surface area contributed by atoms with Crippen molar-refractivity contribution in [3.8, 4) is 11.5 Å². The number of nitrogens with one attached hydrogen (secondary N) is 1. The predicted molar refractivity (Wildman–Crippen MR) is 134 cm³/mol. The maximum atomic E-state index is 12.9. The van der Waals surface area contributed by atoms with E-state index in [9.17, 15) is 4.79 Å². The highest BCUT2D eigenvalue weighted by atomic mass is 32.2. The summed E-state index contributed by atoms with van der Waals surface area (Å²) in [6, 6.07) is 14.0. The van der Waals surface area contributed by atoms with Crippen molar-refractivity contribution in [2.24, 2.45) is 5.92 Å². The SMILES string of the molecule is COc1ccc(CNC(=O)C2CCN(c3nccnc3Sc3cccc(C)c3)CC2)c(OC)c1. The minimum Gasteiger partial charge on any atom is -0.497 e. The van der Waals surface area contributed by atoms with Gasteiger partial charge in [-0.15, -0.1) is 0 Å². The molecule has 0 saturated carbocycles. The van der Waals surface area contributed by atoms with Crippen molar-refractivity contribution in [3.63, 3.8) is 0 Å². The van der Waals surface area contributed by atoms with Gasteiger partial charge in [-0.05, 0) is 44.0 Å². The quantitative estimate of drug-likeness (QED) is 0.511. The monoisotopic (exact) mass is 478 g/mol. The molecule has 34 heavy (non-hydrogen) atoms. The lowest BCUT2D eigenvalue weighted by Crippen LogP contribution is -2.41. The van der Waals surface area contributed by atoms with Crippen molar-refractivity contribution in [2.45, 2.75) is 36.2 Å². The zero-order valence-corrected chi connectivity index (χ0v) is 20.6. The second kappa shape index (κ2) is 11.2. The Hall–Kier alpha value is -3.26. The molecule has 0 aliphatic carbocycles. The normalized spacial score (nSPS) is 14.0. The van der Waals surface area contributed by atoms with Gasteiger partial charge in [0.15, 0.2) is 5.82 Å². The van der Waals surface area contributed by atoms with Gasteiger partial charge in [0.05, 0.1) is 14.2 Å². The average Bonchev–Trinajstić information content (AvgIpc) is 2.87. The molecule has 1 saturated heterocycles. The summed E-state index contributed by atoms with van der Waals surface area (Å²) in [6.45, 7) is 4.05. The number of nitrogens with zero attached hydrogens (tertiary/aromatic N) is 3. The number of aromatic nitrogens is 2. The van der Waals surface area contributed by atoms with E-state index in [4.69, 9.17) is 9.47 Å². The largest absolute Gasteiger partial charge is 0.497 e. The molecular weight excluding hydrogens is 448 g/mol. The fourth-order valence-corrected chi connectivity index (χ4v) is 5.08. The molecule has 1 fully saturated rings. The Morgan fingerprint density at radius 3 is 2.62 bits per heavy atom. The van der Waals surface area contributed by atoms with Gasteiger partial charge in [0.25, 0.3) is 0 Å². The summed E-state index contributed by atoms with van der Waals surface area (Å²) >= 11 is 1.63. The van der Waals surface area contributed by atoms with Crippen LogP contribution < -0.4 is 19.7 Å². The van der Waals surface area contributed by atoms with Crippen LogP contribution in [-0.2, 0) is 11.3 Å². The molecule has 4 rings (SSSR count). The molecule has 1 aliphatic rings. The van der Waals surface area contributed by atoms with Gasteiger partial charge in [0.2, 0.25) is 5.91 Å². The lowest BCUT2D eigenvalue weighted by Gasteiger charge is -2.32. The number of amides is 1. The third kappa shape index (κ3) is 5.80. The van der Waals surface area contributed by atoms with Crippen molar-refractivity contribution in [2.75, 3.05) is 32.2 Å². The van der Waals surface area contributed by atoms with E-state index in [2.05, 4.69) is 51.4 Å². The number of rotatable bonds is 8. The molecule has 0 unspecified atom stereocenters. The second-order valence-electron chi connectivity index (χ2n) is 8.26. The zero-order valence-electron chi connectivity index (χ0n) is 19.8. The van der Waals surface area contributed by atoms with E-state index in [1.807, 2.05) is 18.2 Å². The van der Waals surface area contributed by atoms with Gasteiger partial charge in [0.1, 0.15) is 16.5 Å². The maximum Gasteiger partial charge on any atom is 0.223 e. The molecule has 0 spiro atoms. The molecule has 2 heterocycles. The Kier molecular flexibility index (Phi) is 7.90. The first-order valence-corrected chi connectivity index (χ1v) is 12.2. The minimum absolute atomic E-state index is 0.0231. The first-order chi connectivity index (χ1) is 16.6. The minimum atomic E-state index is -0.0231. The third-order valence-corrected chi connectivity index (χ3v) is 6.93. The Balaban J connectivity index is 1.34. The van der Waals surface area contributed by atoms with Crippen molar-refractivity contribution in [1.29, 1.82) is 0 Å².